The molecule has 0 aliphatic rings. The van der Waals surface area contributed by atoms with E-state index < -0.39 is 5.97 Å². The Morgan fingerprint density at radius 3 is 3.06 bits per heavy atom. The standard InChI is InChI=1S/C11H10N2O3S/c1-2-16-8-5-3-4-7(6-8)9-10(11(14)15)17-13-12-9/h3-6H,2H2,1H3,(H,14,15). The first-order chi connectivity index (χ1) is 8.22. The summed E-state index contributed by atoms with van der Waals surface area (Å²) in [7, 11) is 0. The molecule has 0 atom stereocenters. The van der Waals surface area contributed by atoms with Crippen LogP contribution in [0, 0.1) is 0 Å². The van der Waals surface area contributed by atoms with Crippen LogP contribution in [0.1, 0.15) is 16.6 Å². The van der Waals surface area contributed by atoms with Crippen molar-refractivity contribution >= 4 is 17.5 Å². The number of hydrogen-bond donors (Lipinski definition) is 1. The molecule has 1 aromatic heterocycles. The van der Waals surface area contributed by atoms with Crippen LogP contribution in [-0.4, -0.2) is 27.3 Å². The average Bonchev–Trinajstić information content (AvgIpc) is 2.79. The number of ether oxygens (including phenoxy) is 1. The van der Waals surface area contributed by atoms with E-state index in [-0.39, 0.29) is 4.88 Å². The highest BCUT2D eigenvalue weighted by Gasteiger charge is 2.16. The highest BCUT2D eigenvalue weighted by molar-refractivity contribution is 7.08. The minimum absolute atomic E-state index is 0.138. The van der Waals surface area contributed by atoms with Gasteiger partial charge in [0.1, 0.15) is 11.4 Å². The Labute approximate surface area is 102 Å². The summed E-state index contributed by atoms with van der Waals surface area (Å²) in [5.74, 6) is -0.328. The van der Waals surface area contributed by atoms with Gasteiger partial charge in [0.2, 0.25) is 0 Å². The molecule has 1 heterocycles. The molecule has 88 valence electrons. The number of carboxylic acids is 1. The molecule has 2 aromatic rings. The van der Waals surface area contributed by atoms with E-state index >= 15 is 0 Å². The van der Waals surface area contributed by atoms with Gasteiger partial charge in [0.05, 0.1) is 6.61 Å². The van der Waals surface area contributed by atoms with Crippen molar-refractivity contribution in [2.75, 3.05) is 6.61 Å². The molecule has 0 aliphatic heterocycles. The lowest BCUT2D eigenvalue weighted by Gasteiger charge is -2.04. The summed E-state index contributed by atoms with van der Waals surface area (Å²) in [5.41, 5.74) is 1.08. The molecule has 1 N–H and O–H groups in total. The first kappa shape index (κ1) is 11.5. The maximum Gasteiger partial charge on any atom is 0.349 e. The minimum Gasteiger partial charge on any atom is -0.494 e. The van der Waals surface area contributed by atoms with Crippen LogP contribution >= 0.6 is 11.5 Å². The van der Waals surface area contributed by atoms with Crippen molar-refractivity contribution in [3.63, 3.8) is 0 Å². The minimum atomic E-state index is -1.02. The zero-order valence-electron chi connectivity index (χ0n) is 9.08. The maximum atomic E-state index is 11.0. The van der Waals surface area contributed by atoms with Gasteiger partial charge < -0.3 is 9.84 Å². The molecular weight excluding hydrogens is 240 g/mol. The van der Waals surface area contributed by atoms with Crippen LogP contribution in [0.3, 0.4) is 0 Å². The van der Waals surface area contributed by atoms with Crippen molar-refractivity contribution in [2.24, 2.45) is 0 Å². The topological polar surface area (TPSA) is 72.3 Å². The van der Waals surface area contributed by atoms with E-state index in [0.717, 1.165) is 11.5 Å². The summed E-state index contributed by atoms with van der Waals surface area (Å²) in [4.78, 5) is 11.1. The molecule has 0 bridgehead atoms. The average molecular weight is 250 g/mol. The number of carboxylic acid groups (broad SMARTS) is 1. The molecule has 0 saturated heterocycles. The molecule has 1 aromatic carbocycles. The lowest BCUT2D eigenvalue weighted by Crippen LogP contribution is -1.96. The van der Waals surface area contributed by atoms with E-state index in [2.05, 4.69) is 9.59 Å². The van der Waals surface area contributed by atoms with Crippen LogP contribution in [0.5, 0.6) is 5.75 Å². The van der Waals surface area contributed by atoms with Crippen LogP contribution in [0.2, 0.25) is 0 Å². The van der Waals surface area contributed by atoms with E-state index in [0.29, 0.717) is 23.6 Å². The molecule has 2 rings (SSSR count). The lowest BCUT2D eigenvalue weighted by molar-refractivity contribution is 0.0702. The second kappa shape index (κ2) is 4.92. The molecule has 0 amide bonds. The Morgan fingerprint density at radius 1 is 1.53 bits per heavy atom. The Kier molecular flexibility index (Phi) is 3.34. The summed E-state index contributed by atoms with van der Waals surface area (Å²) < 4.78 is 9.02. The van der Waals surface area contributed by atoms with Gasteiger partial charge in [-0.25, -0.2) is 4.79 Å². The molecule has 0 radical (unpaired) electrons. The highest BCUT2D eigenvalue weighted by Crippen LogP contribution is 2.26. The van der Waals surface area contributed by atoms with E-state index in [9.17, 15) is 4.79 Å². The molecule has 0 fully saturated rings. The van der Waals surface area contributed by atoms with Crippen LogP contribution in [-0.2, 0) is 0 Å². The number of nitrogens with zero attached hydrogens (tertiary/aromatic N) is 2. The quantitative estimate of drug-likeness (QED) is 0.901. The fourth-order valence-electron chi connectivity index (χ4n) is 1.42. The molecule has 17 heavy (non-hydrogen) atoms. The summed E-state index contributed by atoms with van der Waals surface area (Å²) >= 11 is 0.870. The Morgan fingerprint density at radius 2 is 2.35 bits per heavy atom. The molecule has 5 nitrogen and oxygen atoms in total. The van der Waals surface area contributed by atoms with Gasteiger partial charge in [-0.1, -0.05) is 16.6 Å². The summed E-state index contributed by atoms with van der Waals surface area (Å²) in [6.07, 6.45) is 0. The first-order valence-corrected chi connectivity index (χ1v) is 5.78. The molecule has 0 saturated carbocycles. The number of aromatic nitrogens is 2. The number of aromatic carboxylic acids is 1. The van der Waals surface area contributed by atoms with Gasteiger partial charge in [-0.15, -0.1) is 5.10 Å². The SMILES string of the molecule is CCOc1cccc(-c2nnsc2C(=O)O)c1. The fourth-order valence-corrected chi connectivity index (χ4v) is 1.95. The summed E-state index contributed by atoms with van der Waals surface area (Å²) in [6.45, 7) is 2.45. The Hall–Kier alpha value is -1.95. The van der Waals surface area contributed by atoms with Crippen LogP contribution in [0.25, 0.3) is 11.3 Å². The Bertz CT molecular complexity index is 539. The van der Waals surface area contributed by atoms with Gasteiger partial charge in [-0.3, -0.25) is 0 Å². The monoisotopic (exact) mass is 250 g/mol. The van der Waals surface area contributed by atoms with Crippen molar-refractivity contribution in [1.29, 1.82) is 0 Å². The Balaban J connectivity index is 2.42. The highest BCUT2D eigenvalue weighted by atomic mass is 32.1. The van der Waals surface area contributed by atoms with Crippen LogP contribution < -0.4 is 4.74 Å². The van der Waals surface area contributed by atoms with Crippen molar-refractivity contribution in [3.8, 4) is 17.0 Å². The van der Waals surface area contributed by atoms with Crippen molar-refractivity contribution in [3.05, 3.63) is 29.1 Å². The molecule has 0 spiro atoms. The number of benzene rings is 1. The maximum absolute atomic E-state index is 11.0. The number of hydrogen-bond acceptors (Lipinski definition) is 5. The zero-order chi connectivity index (χ0) is 12.3. The van der Waals surface area contributed by atoms with Crippen molar-refractivity contribution in [2.45, 2.75) is 6.92 Å². The largest absolute Gasteiger partial charge is 0.494 e. The number of carbonyl (C=O) groups is 1. The van der Waals surface area contributed by atoms with E-state index in [1.807, 2.05) is 13.0 Å². The van der Waals surface area contributed by atoms with Gasteiger partial charge in [0.25, 0.3) is 0 Å². The predicted molar refractivity (Wildman–Crippen MR) is 63.5 cm³/mol. The summed E-state index contributed by atoms with van der Waals surface area (Å²) in [6, 6.07) is 7.15. The fraction of sp³-hybridized carbons (Fsp3) is 0.182. The molecule has 0 aliphatic carbocycles. The van der Waals surface area contributed by atoms with Gasteiger partial charge in [-0.05, 0) is 30.6 Å². The zero-order valence-corrected chi connectivity index (χ0v) is 9.90. The van der Waals surface area contributed by atoms with Gasteiger partial charge in [0.15, 0.2) is 4.88 Å². The van der Waals surface area contributed by atoms with E-state index in [4.69, 9.17) is 9.84 Å². The second-order valence-electron chi connectivity index (χ2n) is 3.22. The second-order valence-corrected chi connectivity index (χ2v) is 3.97. The van der Waals surface area contributed by atoms with Crippen LogP contribution in [0.4, 0.5) is 0 Å². The third-order valence-corrected chi connectivity index (χ3v) is 2.81. The predicted octanol–water partition coefficient (Wildman–Crippen LogP) is 2.30. The third kappa shape index (κ3) is 2.42. The van der Waals surface area contributed by atoms with Crippen LogP contribution in [0.15, 0.2) is 24.3 Å². The van der Waals surface area contributed by atoms with Gasteiger partial charge in [0, 0.05) is 5.56 Å². The lowest BCUT2D eigenvalue weighted by atomic mass is 10.1. The van der Waals surface area contributed by atoms with Crippen molar-refractivity contribution in [1.82, 2.24) is 9.59 Å². The normalized spacial score (nSPS) is 10.2. The molecule has 0 unspecified atom stereocenters. The van der Waals surface area contributed by atoms with Crippen molar-refractivity contribution < 1.29 is 14.6 Å². The first-order valence-electron chi connectivity index (χ1n) is 5.01. The smallest absolute Gasteiger partial charge is 0.349 e. The third-order valence-electron chi connectivity index (χ3n) is 2.10. The van der Waals surface area contributed by atoms with E-state index in [1.54, 1.807) is 18.2 Å². The van der Waals surface area contributed by atoms with E-state index in [1.165, 1.54) is 0 Å². The molecular formula is C11H10N2O3S. The number of rotatable bonds is 4. The van der Waals surface area contributed by atoms with Gasteiger partial charge >= 0.3 is 5.97 Å². The molecule has 6 heteroatoms. The van der Waals surface area contributed by atoms with Gasteiger partial charge in [-0.2, -0.15) is 0 Å². The summed E-state index contributed by atoms with van der Waals surface area (Å²) in [5, 5.41) is 12.8.